The van der Waals surface area contributed by atoms with Crippen LogP contribution in [0.25, 0.3) is 0 Å². The van der Waals surface area contributed by atoms with Gasteiger partial charge in [-0.2, -0.15) is 0 Å². The summed E-state index contributed by atoms with van der Waals surface area (Å²) in [5.41, 5.74) is 8.33. The lowest BCUT2D eigenvalue weighted by atomic mass is 9.76. The largest absolute Gasteiger partial charge is 0.305 e. The van der Waals surface area contributed by atoms with Crippen LogP contribution in [0.2, 0.25) is 0 Å². The molecule has 1 unspecified atom stereocenters. The van der Waals surface area contributed by atoms with Crippen molar-refractivity contribution in [3.63, 3.8) is 0 Å². The van der Waals surface area contributed by atoms with Gasteiger partial charge in [-0.3, -0.25) is 4.79 Å². The van der Waals surface area contributed by atoms with Gasteiger partial charge >= 0.3 is 0 Å². The third-order valence-electron chi connectivity index (χ3n) is 7.68. The standard InChI is InChI=1S/C33H42N2O3S/c1-22(2)30-18-26(29-13-9-11-25-10-7-8-12-28(25)29)19-31(23(3)4)32(30)20-33(36)34-39(37,38)27-16-14-24(15-17-27)21-35(5)6/h7-8,10,12,14-19,22-23,29H,9,11,13,20-21H2,1-6H3,(H,34,36). The lowest BCUT2D eigenvalue weighted by Crippen LogP contribution is -2.32. The molecule has 208 valence electrons. The first-order valence-electron chi connectivity index (χ1n) is 14.0. The number of rotatable bonds is 9. The molecule has 1 aliphatic carbocycles. The summed E-state index contributed by atoms with van der Waals surface area (Å²) in [5, 5.41) is 0. The van der Waals surface area contributed by atoms with Crippen LogP contribution in [-0.4, -0.2) is 33.3 Å². The fourth-order valence-electron chi connectivity index (χ4n) is 5.82. The summed E-state index contributed by atoms with van der Waals surface area (Å²) in [6.45, 7) is 9.29. The molecule has 6 heteroatoms. The number of sulfonamides is 1. The summed E-state index contributed by atoms with van der Waals surface area (Å²) >= 11 is 0. The normalized spacial score (nSPS) is 15.6. The number of amides is 1. The van der Waals surface area contributed by atoms with E-state index in [0.29, 0.717) is 12.5 Å². The van der Waals surface area contributed by atoms with Gasteiger partial charge in [0.25, 0.3) is 10.0 Å². The van der Waals surface area contributed by atoms with Crippen LogP contribution in [0.3, 0.4) is 0 Å². The first-order valence-corrected chi connectivity index (χ1v) is 15.5. The predicted molar refractivity (Wildman–Crippen MR) is 159 cm³/mol. The van der Waals surface area contributed by atoms with Crippen LogP contribution in [0.1, 0.15) is 97.2 Å². The Morgan fingerprint density at radius 1 is 0.949 bits per heavy atom. The van der Waals surface area contributed by atoms with Gasteiger partial charge in [0, 0.05) is 12.5 Å². The van der Waals surface area contributed by atoms with Gasteiger partial charge in [0.05, 0.1) is 11.3 Å². The Morgan fingerprint density at radius 3 is 2.15 bits per heavy atom. The minimum atomic E-state index is -3.96. The summed E-state index contributed by atoms with van der Waals surface area (Å²) < 4.78 is 28.4. The zero-order chi connectivity index (χ0) is 28.3. The van der Waals surface area contributed by atoms with E-state index in [-0.39, 0.29) is 23.2 Å². The average molecular weight is 547 g/mol. The number of fused-ring (bicyclic) bond motifs is 1. The van der Waals surface area contributed by atoms with Gasteiger partial charge in [0.15, 0.2) is 0 Å². The molecular formula is C33H42N2O3S. The number of benzene rings is 3. The summed E-state index contributed by atoms with van der Waals surface area (Å²) in [5.74, 6) is 0.227. The van der Waals surface area contributed by atoms with Crippen LogP contribution in [-0.2, 0) is 34.2 Å². The Labute approximate surface area is 234 Å². The van der Waals surface area contributed by atoms with Gasteiger partial charge in [-0.05, 0) is 96.3 Å². The average Bonchev–Trinajstić information content (AvgIpc) is 2.87. The van der Waals surface area contributed by atoms with Gasteiger partial charge in [-0.15, -0.1) is 0 Å². The Bertz CT molecular complexity index is 1390. The highest BCUT2D eigenvalue weighted by molar-refractivity contribution is 7.90. The minimum absolute atomic E-state index is 0.0283. The molecular weight excluding hydrogens is 504 g/mol. The van der Waals surface area contributed by atoms with Gasteiger partial charge < -0.3 is 4.90 Å². The van der Waals surface area contributed by atoms with Crippen molar-refractivity contribution in [2.24, 2.45) is 0 Å². The van der Waals surface area contributed by atoms with E-state index in [9.17, 15) is 13.2 Å². The van der Waals surface area contributed by atoms with Crippen molar-refractivity contribution in [1.29, 1.82) is 0 Å². The minimum Gasteiger partial charge on any atom is -0.305 e. The molecule has 5 nitrogen and oxygen atoms in total. The van der Waals surface area contributed by atoms with Crippen molar-refractivity contribution in [3.8, 4) is 0 Å². The highest BCUT2D eigenvalue weighted by Gasteiger charge is 2.26. The number of hydrogen-bond acceptors (Lipinski definition) is 4. The molecule has 0 bridgehead atoms. The highest BCUT2D eigenvalue weighted by atomic mass is 32.2. The van der Waals surface area contributed by atoms with E-state index in [1.165, 1.54) is 16.7 Å². The SMILES string of the molecule is CC(C)c1cc(C2CCCc3ccccc32)cc(C(C)C)c1CC(=O)NS(=O)(=O)c1ccc(CN(C)C)cc1. The van der Waals surface area contributed by atoms with Crippen LogP contribution in [0.5, 0.6) is 0 Å². The maximum atomic E-state index is 13.2. The molecule has 1 aliphatic rings. The topological polar surface area (TPSA) is 66.5 Å². The van der Waals surface area contributed by atoms with Gasteiger partial charge in [-0.1, -0.05) is 76.2 Å². The fraction of sp³-hybridized carbons (Fsp3) is 0.424. The number of nitrogens with one attached hydrogen (secondary N) is 1. The molecule has 0 aromatic heterocycles. The lowest BCUT2D eigenvalue weighted by Gasteiger charge is -2.29. The molecule has 0 fully saturated rings. The van der Waals surface area contributed by atoms with E-state index in [4.69, 9.17) is 0 Å². The fourth-order valence-corrected chi connectivity index (χ4v) is 6.81. The van der Waals surface area contributed by atoms with E-state index in [0.717, 1.165) is 41.5 Å². The van der Waals surface area contributed by atoms with Crippen molar-refractivity contribution in [3.05, 3.63) is 99.6 Å². The number of hydrogen-bond donors (Lipinski definition) is 1. The number of aryl methyl sites for hydroxylation is 1. The van der Waals surface area contributed by atoms with Crippen molar-refractivity contribution in [2.75, 3.05) is 14.1 Å². The zero-order valence-electron chi connectivity index (χ0n) is 24.1. The predicted octanol–water partition coefficient (Wildman–Crippen LogP) is 6.51. The molecule has 0 saturated carbocycles. The van der Waals surface area contributed by atoms with Crippen LogP contribution in [0.15, 0.2) is 65.6 Å². The Balaban J connectivity index is 1.63. The molecule has 0 aliphatic heterocycles. The molecule has 4 rings (SSSR count). The molecule has 1 amide bonds. The van der Waals surface area contributed by atoms with Gasteiger partial charge in [-0.25, -0.2) is 13.1 Å². The van der Waals surface area contributed by atoms with E-state index in [1.54, 1.807) is 24.3 Å². The first kappa shape index (κ1) is 29.0. The van der Waals surface area contributed by atoms with Crippen molar-refractivity contribution in [2.45, 2.75) is 82.6 Å². The van der Waals surface area contributed by atoms with E-state index < -0.39 is 15.9 Å². The van der Waals surface area contributed by atoms with Crippen molar-refractivity contribution < 1.29 is 13.2 Å². The number of nitrogens with zero attached hydrogens (tertiary/aromatic N) is 1. The molecule has 3 aromatic rings. The van der Waals surface area contributed by atoms with E-state index in [1.807, 2.05) is 19.0 Å². The molecule has 1 N–H and O–H groups in total. The Morgan fingerprint density at radius 2 is 1.56 bits per heavy atom. The van der Waals surface area contributed by atoms with E-state index in [2.05, 4.69) is 68.8 Å². The zero-order valence-corrected chi connectivity index (χ0v) is 24.9. The van der Waals surface area contributed by atoms with E-state index >= 15 is 0 Å². The summed E-state index contributed by atoms with van der Waals surface area (Å²) in [7, 11) is -0.0417. The van der Waals surface area contributed by atoms with Crippen molar-refractivity contribution >= 4 is 15.9 Å². The quantitative estimate of drug-likeness (QED) is 0.332. The number of carbonyl (C=O) groups excluding carboxylic acids is 1. The molecule has 1 atom stereocenters. The summed E-state index contributed by atoms with van der Waals surface area (Å²) in [6, 6.07) is 20.0. The third kappa shape index (κ3) is 6.79. The Hall–Kier alpha value is -2.96. The van der Waals surface area contributed by atoms with Crippen LogP contribution < -0.4 is 4.72 Å². The van der Waals surface area contributed by atoms with Crippen LogP contribution >= 0.6 is 0 Å². The third-order valence-corrected chi connectivity index (χ3v) is 9.06. The maximum absolute atomic E-state index is 13.2. The van der Waals surface area contributed by atoms with Crippen LogP contribution in [0, 0.1) is 0 Å². The highest BCUT2D eigenvalue weighted by Crippen LogP contribution is 2.40. The molecule has 3 aromatic carbocycles. The molecule has 0 spiro atoms. The van der Waals surface area contributed by atoms with Gasteiger partial charge in [0.2, 0.25) is 5.91 Å². The smallest absolute Gasteiger partial charge is 0.264 e. The second-order valence-electron chi connectivity index (χ2n) is 11.7. The summed E-state index contributed by atoms with van der Waals surface area (Å²) in [4.78, 5) is 15.3. The molecule has 39 heavy (non-hydrogen) atoms. The monoisotopic (exact) mass is 546 g/mol. The second kappa shape index (κ2) is 12.1. The molecule has 0 heterocycles. The van der Waals surface area contributed by atoms with Crippen LogP contribution in [0.4, 0.5) is 0 Å². The van der Waals surface area contributed by atoms with Gasteiger partial charge in [0.1, 0.15) is 0 Å². The molecule has 0 saturated heterocycles. The number of carbonyl (C=O) groups is 1. The molecule has 0 radical (unpaired) electrons. The maximum Gasteiger partial charge on any atom is 0.264 e. The second-order valence-corrected chi connectivity index (χ2v) is 13.4. The van der Waals surface area contributed by atoms with Crippen molar-refractivity contribution in [1.82, 2.24) is 9.62 Å². The lowest BCUT2D eigenvalue weighted by molar-refractivity contribution is -0.118. The Kier molecular flexibility index (Phi) is 8.97. The summed E-state index contributed by atoms with van der Waals surface area (Å²) in [6.07, 6.45) is 3.41. The first-order chi connectivity index (χ1) is 18.5.